The minimum Gasteiger partial charge on any atom is -0.308 e. The van der Waals surface area contributed by atoms with Gasteiger partial charge in [-0.15, -0.1) is 0 Å². The SMILES string of the molecule is O=C(Nc1cccc(Br)c1)Nc1cc(C(F)(F)F)cc(C(F)(F)F)c1. The number of hydrogen-bond acceptors (Lipinski definition) is 1. The molecule has 3 nitrogen and oxygen atoms in total. The summed E-state index contributed by atoms with van der Waals surface area (Å²) in [5.41, 5.74) is -3.36. The van der Waals surface area contributed by atoms with Crippen molar-refractivity contribution < 1.29 is 31.1 Å². The molecular weight excluding hydrogens is 418 g/mol. The third-order valence-corrected chi connectivity index (χ3v) is 3.42. The second-order valence-corrected chi connectivity index (χ2v) is 5.80. The highest BCUT2D eigenvalue weighted by Gasteiger charge is 2.37. The van der Waals surface area contributed by atoms with E-state index >= 15 is 0 Å². The van der Waals surface area contributed by atoms with Crippen LogP contribution < -0.4 is 10.6 Å². The number of carbonyl (C=O) groups is 1. The molecule has 0 heterocycles. The molecule has 0 atom stereocenters. The van der Waals surface area contributed by atoms with Gasteiger partial charge in [0.25, 0.3) is 0 Å². The van der Waals surface area contributed by atoms with E-state index in [1.165, 1.54) is 12.1 Å². The van der Waals surface area contributed by atoms with Gasteiger partial charge >= 0.3 is 18.4 Å². The number of nitrogens with one attached hydrogen (secondary N) is 2. The van der Waals surface area contributed by atoms with Crippen LogP contribution in [0.1, 0.15) is 11.1 Å². The average molecular weight is 427 g/mol. The fraction of sp³-hybridized carbons (Fsp3) is 0.133. The van der Waals surface area contributed by atoms with Crippen molar-refractivity contribution in [3.05, 3.63) is 58.1 Å². The molecule has 0 aliphatic heterocycles. The van der Waals surface area contributed by atoms with Crippen molar-refractivity contribution >= 4 is 33.3 Å². The van der Waals surface area contributed by atoms with Crippen LogP contribution >= 0.6 is 15.9 Å². The summed E-state index contributed by atoms with van der Waals surface area (Å²) in [5.74, 6) is 0. The van der Waals surface area contributed by atoms with Crippen LogP contribution in [-0.2, 0) is 12.4 Å². The summed E-state index contributed by atoms with van der Waals surface area (Å²) in [4.78, 5) is 11.8. The molecule has 2 N–H and O–H groups in total. The Morgan fingerprint density at radius 3 is 1.80 bits per heavy atom. The van der Waals surface area contributed by atoms with Crippen molar-refractivity contribution in [2.45, 2.75) is 12.4 Å². The Kier molecular flexibility index (Phi) is 5.31. The van der Waals surface area contributed by atoms with Gasteiger partial charge in [0, 0.05) is 15.8 Å². The smallest absolute Gasteiger partial charge is 0.308 e. The van der Waals surface area contributed by atoms with Gasteiger partial charge in [-0.3, -0.25) is 0 Å². The zero-order valence-corrected chi connectivity index (χ0v) is 13.7. The van der Waals surface area contributed by atoms with Crippen molar-refractivity contribution in [3.8, 4) is 0 Å². The lowest BCUT2D eigenvalue weighted by Crippen LogP contribution is -2.20. The summed E-state index contributed by atoms with van der Waals surface area (Å²) in [6.45, 7) is 0. The number of anilines is 2. The highest BCUT2D eigenvalue weighted by Crippen LogP contribution is 2.37. The minimum atomic E-state index is -4.99. The standard InChI is InChI=1S/C15H9BrF6N2O/c16-10-2-1-3-11(7-10)23-13(25)24-12-5-8(14(17,18)19)4-9(6-12)15(20,21)22/h1-7H,(H2,23,24,25). The van der Waals surface area contributed by atoms with Gasteiger partial charge < -0.3 is 10.6 Å². The van der Waals surface area contributed by atoms with Crippen molar-refractivity contribution in [2.24, 2.45) is 0 Å². The Balaban J connectivity index is 2.27. The minimum absolute atomic E-state index is 0.0165. The first-order chi connectivity index (χ1) is 11.4. The predicted octanol–water partition coefficient (Wildman–Crippen LogP) is 6.13. The lowest BCUT2D eigenvalue weighted by atomic mass is 10.1. The summed E-state index contributed by atoms with van der Waals surface area (Å²) in [6.07, 6.45) is -9.98. The zero-order valence-electron chi connectivity index (χ0n) is 12.1. The van der Waals surface area contributed by atoms with Crippen LogP contribution in [0, 0.1) is 0 Å². The van der Waals surface area contributed by atoms with Gasteiger partial charge in [-0.05, 0) is 36.4 Å². The molecule has 10 heteroatoms. The van der Waals surface area contributed by atoms with Crippen LogP contribution in [0.2, 0.25) is 0 Å². The molecule has 0 fully saturated rings. The molecule has 2 aromatic rings. The lowest BCUT2D eigenvalue weighted by molar-refractivity contribution is -0.143. The molecule has 0 saturated heterocycles. The average Bonchev–Trinajstić information content (AvgIpc) is 2.44. The van der Waals surface area contributed by atoms with Crippen LogP contribution in [0.5, 0.6) is 0 Å². The molecule has 134 valence electrons. The van der Waals surface area contributed by atoms with Gasteiger partial charge in [-0.2, -0.15) is 26.3 Å². The summed E-state index contributed by atoms with van der Waals surface area (Å²) in [5, 5.41) is 4.27. The molecule has 0 aliphatic rings. The number of urea groups is 1. The fourth-order valence-electron chi connectivity index (χ4n) is 1.89. The maximum Gasteiger partial charge on any atom is 0.416 e. The van der Waals surface area contributed by atoms with Crippen LogP contribution in [0.25, 0.3) is 0 Å². The molecule has 25 heavy (non-hydrogen) atoms. The van der Waals surface area contributed by atoms with Crippen LogP contribution in [-0.4, -0.2) is 6.03 Å². The molecule has 0 saturated carbocycles. The van der Waals surface area contributed by atoms with Gasteiger partial charge in [-0.25, -0.2) is 4.79 Å². The summed E-state index contributed by atoms with van der Waals surface area (Å²) < 4.78 is 77.2. The maximum atomic E-state index is 12.8. The van der Waals surface area contributed by atoms with E-state index < -0.39 is 35.2 Å². The largest absolute Gasteiger partial charge is 0.416 e. The first-order valence-electron chi connectivity index (χ1n) is 6.58. The molecule has 0 radical (unpaired) electrons. The van der Waals surface area contributed by atoms with Gasteiger partial charge in [0.1, 0.15) is 0 Å². The van der Waals surface area contributed by atoms with Crippen molar-refractivity contribution in [1.82, 2.24) is 0 Å². The molecule has 2 amide bonds. The molecule has 0 aliphatic carbocycles. The van der Waals surface area contributed by atoms with Gasteiger partial charge in [0.05, 0.1) is 11.1 Å². The number of alkyl halides is 6. The van der Waals surface area contributed by atoms with Crippen LogP contribution in [0.15, 0.2) is 46.9 Å². The van der Waals surface area contributed by atoms with E-state index in [1.807, 2.05) is 5.32 Å². The molecule has 0 unspecified atom stereocenters. The quantitative estimate of drug-likeness (QED) is 0.557. The number of carbonyl (C=O) groups excluding carboxylic acids is 1. The highest BCUT2D eigenvalue weighted by atomic mass is 79.9. The second-order valence-electron chi connectivity index (χ2n) is 4.88. The maximum absolute atomic E-state index is 12.8. The molecule has 0 bridgehead atoms. The Morgan fingerprint density at radius 1 is 0.800 bits per heavy atom. The van der Waals surface area contributed by atoms with Crippen molar-refractivity contribution in [2.75, 3.05) is 10.6 Å². The fourth-order valence-corrected chi connectivity index (χ4v) is 2.29. The van der Waals surface area contributed by atoms with Gasteiger partial charge in [0.15, 0.2) is 0 Å². The van der Waals surface area contributed by atoms with Crippen LogP contribution in [0.3, 0.4) is 0 Å². The van der Waals surface area contributed by atoms with Crippen LogP contribution in [0.4, 0.5) is 42.5 Å². The van der Waals surface area contributed by atoms with E-state index in [-0.39, 0.29) is 6.07 Å². The number of halogens is 7. The Bertz CT molecular complexity index is 756. The van der Waals surface area contributed by atoms with E-state index in [2.05, 4.69) is 21.2 Å². The normalized spacial score (nSPS) is 12.0. The molecular formula is C15H9BrF6N2O. The van der Waals surface area contributed by atoms with Crippen molar-refractivity contribution in [1.29, 1.82) is 0 Å². The Morgan fingerprint density at radius 2 is 1.32 bits per heavy atom. The lowest BCUT2D eigenvalue weighted by Gasteiger charge is -2.15. The van der Waals surface area contributed by atoms with E-state index in [0.717, 1.165) is 0 Å². The first-order valence-corrected chi connectivity index (χ1v) is 7.37. The number of rotatable bonds is 2. The van der Waals surface area contributed by atoms with Gasteiger partial charge in [0.2, 0.25) is 0 Å². The molecule has 0 spiro atoms. The van der Waals surface area contributed by atoms with E-state index in [1.54, 1.807) is 12.1 Å². The summed E-state index contributed by atoms with van der Waals surface area (Å²) in [7, 11) is 0. The summed E-state index contributed by atoms with van der Waals surface area (Å²) in [6, 6.07) is 6.12. The van der Waals surface area contributed by atoms with Crippen molar-refractivity contribution in [3.63, 3.8) is 0 Å². The summed E-state index contributed by atoms with van der Waals surface area (Å²) >= 11 is 3.16. The monoisotopic (exact) mass is 426 g/mol. The van der Waals surface area contributed by atoms with Gasteiger partial charge in [-0.1, -0.05) is 22.0 Å². The molecule has 2 aromatic carbocycles. The molecule has 2 rings (SSSR count). The molecule has 0 aromatic heterocycles. The second kappa shape index (κ2) is 6.95. The predicted molar refractivity (Wildman–Crippen MR) is 83.2 cm³/mol. The topological polar surface area (TPSA) is 41.1 Å². The zero-order chi connectivity index (χ0) is 18.8. The third kappa shape index (κ3) is 5.38. The van der Waals surface area contributed by atoms with E-state index in [9.17, 15) is 31.1 Å². The number of benzene rings is 2. The third-order valence-electron chi connectivity index (χ3n) is 2.93. The Labute approximate surface area is 146 Å². The number of hydrogen-bond donors (Lipinski definition) is 2. The number of amides is 2. The Hall–Kier alpha value is -2.23. The van der Waals surface area contributed by atoms with E-state index in [4.69, 9.17) is 0 Å². The van der Waals surface area contributed by atoms with E-state index in [0.29, 0.717) is 22.3 Å². The first kappa shape index (κ1) is 19.1. The highest BCUT2D eigenvalue weighted by molar-refractivity contribution is 9.10.